The molecular weight excluding hydrogens is 578 g/mol. The quantitative estimate of drug-likeness (QED) is 0.150. The third-order valence-corrected chi connectivity index (χ3v) is 8.34. The van der Waals surface area contributed by atoms with Crippen molar-refractivity contribution < 1.29 is 19.1 Å². The van der Waals surface area contributed by atoms with E-state index >= 15 is 0 Å². The van der Waals surface area contributed by atoms with E-state index in [1.54, 1.807) is 54.0 Å². The zero-order valence-electron chi connectivity index (χ0n) is 24.6. The Balaban J connectivity index is 1.19. The summed E-state index contributed by atoms with van der Waals surface area (Å²) in [4.78, 5) is 59.9. The Morgan fingerprint density at radius 2 is 1.61 bits per heavy atom. The molecule has 5 rings (SSSR count). The van der Waals surface area contributed by atoms with Gasteiger partial charge in [-0.05, 0) is 61.9 Å². The van der Waals surface area contributed by atoms with Crippen LogP contribution in [-0.2, 0) is 20.9 Å². The highest BCUT2D eigenvalue weighted by Crippen LogP contribution is 2.20. The standard InChI is InChI=1S/C33H35N5O5S/c1-2-43-32(42)24-14-16-25(17-15-24)34-29(39)23-44-33-35-28-12-7-6-11-27(28)31(41)38(33)18-8-13-30(40)37-21-19-36(20-22-37)26-9-4-3-5-10-26/h3-7,9-12,14-17H,2,8,13,18-23H2,1H3,(H,34,39). The number of nitrogens with zero attached hydrogens (tertiary/aromatic N) is 4. The van der Waals surface area contributed by atoms with E-state index in [0.717, 1.165) is 18.8 Å². The minimum absolute atomic E-state index is 0.0228. The van der Waals surface area contributed by atoms with Gasteiger partial charge in [-0.25, -0.2) is 9.78 Å². The van der Waals surface area contributed by atoms with Crippen molar-refractivity contribution >= 4 is 51.8 Å². The fourth-order valence-corrected chi connectivity index (χ4v) is 5.91. The Morgan fingerprint density at radius 3 is 2.34 bits per heavy atom. The Kier molecular flexibility index (Phi) is 10.3. The number of hydrogen-bond donors (Lipinski definition) is 1. The van der Waals surface area contributed by atoms with Gasteiger partial charge in [0.25, 0.3) is 5.56 Å². The van der Waals surface area contributed by atoms with Crippen LogP contribution in [0.15, 0.2) is 88.8 Å². The predicted molar refractivity (Wildman–Crippen MR) is 172 cm³/mol. The highest BCUT2D eigenvalue weighted by molar-refractivity contribution is 7.99. The Hall–Kier alpha value is -4.64. The molecule has 0 bridgehead atoms. The molecule has 0 spiro atoms. The Bertz CT molecular complexity index is 1670. The fourth-order valence-electron chi connectivity index (χ4n) is 5.09. The number of hydrogen-bond acceptors (Lipinski definition) is 8. The zero-order chi connectivity index (χ0) is 30.9. The molecule has 11 heteroatoms. The molecule has 1 fully saturated rings. The summed E-state index contributed by atoms with van der Waals surface area (Å²) in [7, 11) is 0. The van der Waals surface area contributed by atoms with Crippen LogP contribution in [0.1, 0.15) is 30.1 Å². The van der Waals surface area contributed by atoms with Crippen molar-refractivity contribution in [3.63, 3.8) is 0 Å². The number of fused-ring (bicyclic) bond motifs is 1. The molecule has 44 heavy (non-hydrogen) atoms. The van der Waals surface area contributed by atoms with Crippen molar-refractivity contribution in [1.29, 1.82) is 0 Å². The van der Waals surface area contributed by atoms with Crippen molar-refractivity contribution in [2.75, 3.05) is 48.8 Å². The lowest BCUT2D eigenvalue weighted by atomic mass is 10.2. The summed E-state index contributed by atoms with van der Waals surface area (Å²) >= 11 is 1.17. The van der Waals surface area contributed by atoms with Gasteiger partial charge in [0.2, 0.25) is 11.8 Å². The van der Waals surface area contributed by atoms with E-state index in [2.05, 4.69) is 27.3 Å². The first-order valence-corrected chi connectivity index (χ1v) is 15.7. The molecule has 2 heterocycles. The number of esters is 1. The van der Waals surface area contributed by atoms with Crippen LogP contribution in [0.5, 0.6) is 0 Å². The summed E-state index contributed by atoms with van der Waals surface area (Å²) in [5, 5.41) is 3.72. The molecule has 0 saturated carbocycles. The van der Waals surface area contributed by atoms with Crippen LogP contribution >= 0.6 is 11.8 Å². The molecule has 10 nitrogen and oxygen atoms in total. The molecule has 3 aromatic carbocycles. The molecular formula is C33H35N5O5S. The van der Waals surface area contributed by atoms with Crippen molar-refractivity contribution in [1.82, 2.24) is 14.5 Å². The monoisotopic (exact) mass is 613 g/mol. The van der Waals surface area contributed by atoms with Crippen LogP contribution in [0, 0.1) is 0 Å². The second kappa shape index (κ2) is 14.7. The average molecular weight is 614 g/mol. The number of benzene rings is 3. The summed E-state index contributed by atoms with van der Waals surface area (Å²) in [6.45, 7) is 5.21. The third kappa shape index (κ3) is 7.65. The van der Waals surface area contributed by atoms with Gasteiger partial charge in [0, 0.05) is 50.5 Å². The highest BCUT2D eigenvalue weighted by Gasteiger charge is 2.21. The highest BCUT2D eigenvalue weighted by atomic mass is 32.2. The minimum Gasteiger partial charge on any atom is -0.462 e. The topological polar surface area (TPSA) is 114 Å². The number of ether oxygens (including phenoxy) is 1. The molecule has 1 saturated heterocycles. The number of amides is 2. The second-order valence-corrected chi connectivity index (χ2v) is 11.3. The Labute approximate surface area is 260 Å². The minimum atomic E-state index is -0.423. The first-order chi connectivity index (χ1) is 21.4. The van der Waals surface area contributed by atoms with E-state index in [4.69, 9.17) is 4.74 Å². The maximum absolute atomic E-state index is 13.4. The van der Waals surface area contributed by atoms with Crippen LogP contribution < -0.4 is 15.8 Å². The van der Waals surface area contributed by atoms with E-state index in [9.17, 15) is 19.2 Å². The fraction of sp³-hybridized carbons (Fsp3) is 0.303. The number of rotatable bonds is 11. The smallest absolute Gasteiger partial charge is 0.338 e. The third-order valence-electron chi connectivity index (χ3n) is 7.36. The van der Waals surface area contributed by atoms with Gasteiger partial charge in [-0.3, -0.25) is 19.0 Å². The normalized spacial score (nSPS) is 13.1. The lowest BCUT2D eigenvalue weighted by Gasteiger charge is -2.36. The van der Waals surface area contributed by atoms with Gasteiger partial charge >= 0.3 is 5.97 Å². The van der Waals surface area contributed by atoms with Gasteiger partial charge in [-0.2, -0.15) is 0 Å². The maximum atomic E-state index is 13.4. The summed E-state index contributed by atoms with van der Waals surface area (Å²) in [5.41, 5.74) is 2.45. The summed E-state index contributed by atoms with van der Waals surface area (Å²) in [6, 6.07) is 23.8. The number of piperazine rings is 1. The molecule has 4 aromatic rings. The van der Waals surface area contributed by atoms with Gasteiger partial charge < -0.3 is 19.9 Å². The molecule has 0 atom stereocenters. The molecule has 0 aliphatic carbocycles. The predicted octanol–water partition coefficient (Wildman–Crippen LogP) is 4.43. The average Bonchev–Trinajstić information content (AvgIpc) is 3.06. The summed E-state index contributed by atoms with van der Waals surface area (Å²) in [5.74, 6) is -0.608. The van der Waals surface area contributed by atoms with E-state index in [1.165, 1.54) is 11.8 Å². The van der Waals surface area contributed by atoms with Crippen LogP contribution in [0.25, 0.3) is 10.9 Å². The van der Waals surface area contributed by atoms with Crippen molar-refractivity contribution in [2.24, 2.45) is 0 Å². The first-order valence-electron chi connectivity index (χ1n) is 14.7. The first kappa shape index (κ1) is 30.8. The molecule has 1 aliphatic rings. The number of para-hydroxylation sites is 2. The number of aromatic nitrogens is 2. The van der Waals surface area contributed by atoms with Gasteiger partial charge in [-0.1, -0.05) is 42.1 Å². The Morgan fingerprint density at radius 1 is 0.909 bits per heavy atom. The molecule has 1 aromatic heterocycles. The number of anilines is 2. The van der Waals surface area contributed by atoms with E-state index in [-0.39, 0.29) is 29.7 Å². The van der Waals surface area contributed by atoms with Crippen LogP contribution in [0.2, 0.25) is 0 Å². The molecule has 1 aliphatic heterocycles. The van der Waals surface area contributed by atoms with Gasteiger partial charge in [0.1, 0.15) is 0 Å². The molecule has 228 valence electrons. The maximum Gasteiger partial charge on any atom is 0.338 e. The van der Waals surface area contributed by atoms with Crippen molar-refractivity contribution in [2.45, 2.75) is 31.5 Å². The number of carbonyl (C=O) groups excluding carboxylic acids is 3. The van der Waals surface area contributed by atoms with Gasteiger partial charge in [0.05, 0.1) is 28.8 Å². The largest absolute Gasteiger partial charge is 0.462 e. The van der Waals surface area contributed by atoms with Crippen LogP contribution in [-0.4, -0.2) is 70.8 Å². The molecule has 0 radical (unpaired) electrons. The number of nitrogens with one attached hydrogen (secondary N) is 1. The number of thioether (sulfide) groups is 1. The SMILES string of the molecule is CCOC(=O)c1ccc(NC(=O)CSc2nc3ccccc3c(=O)n2CCCC(=O)N2CCN(c3ccccc3)CC2)cc1. The zero-order valence-corrected chi connectivity index (χ0v) is 25.4. The van der Waals surface area contributed by atoms with Gasteiger partial charge in [-0.15, -0.1) is 0 Å². The van der Waals surface area contributed by atoms with Crippen molar-refractivity contribution in [3.8, 4) is 0 Å². The van der Waals surface area contributed by atoms with Crippen LogP contribution in [0.4, 0.5) is 11.4 Å². The van der Waals surface area contributed by atoms with E-state index < -0.39 is 5.97 Å². The lowest BCUT2D eigenvalue weighted by Crippen LogP contribution is -2.48. The second-order valence-electron chi connectivity index (χ2n) is 10.3. The summed E-state index contributed by atoms with van der Waals surface area (Å²) in [6.07, 6.45) is 0.793. The molecule has 1 N–H and O–H groups in total. The lowest BCUT2D eigenvalue weighted by molar-refractivity contribution is -0.131. The summed E-state index contributed by atoms with van der Waals surface area (Å²) < 4.78 is 6.56. The number of carbonyl (C=O) groups is 3. The van der Waals surface area contributed by atoms with Gasteiger partial charge in [0.15, 0.2) is 5.16 Å². The molecule has 2 amide bonds. The van der Waals surface area contributed by atoms with Crippen molar-refractivity contribution in [3.05, 3.63) is 94.8 Å². The van der Waals surface area contributed by atoms with E-state index in [0.29, 0.717) is 59.8 Å². The molecule has 0 unspecified atom stereocenters. The van der Waals surface area contributed by atoms with Crippen LogP contribution in [0.3, 0.4) is 0 Å². The van der Waals surface area contributed by atoms with E-state index in [1.807, 2.05) is 29.2 Å².